The molecule has 0 amide bonds. The molecule has 144 valence electrons. The first kappa shape index (κ1) is 19.0. The fourth-order valence-corrected chi connectivity index (χ4v) is 3.99. The molecule has 1 fully saturated rings. The highest BCUT2D eigenvalue weighted by molar-refractivity contribution is 6.35. The van der Waals surface area contributed by atoms with Crippen LogP contribution < -0.4 is 10.5 Å². The highest BCUT2D eigenvalue weighted by atomic mass is 35.5. The summed E-state index contributed by atoms with van der Waals surface area (Å²) in [5.74, 6) is 0. The predicted molar refractivity (Wildman–Crippen MR) is 116 cm³/mol. The van der Waals surface area contributed by atoms with Gasteiger partial charge in [0.05, 0.1) is 12.2 Å². The summed E-state index contributed by atoms with van der Waals surface area (Å²) in [6.45, 7) is 2.53. The van der Waals surface area contributed by atoms with E-state index in [0.717, 1.165) is 29.9 Å². The number of piperidine rings is 1. The van der Waals surface area contributed by atoms with Crippen LogP contribution in [0.5, 0.6) is 0 Å². The van der Waals surface area contributed by atoms with E-state index in [0.29, 0.717) is 16.6 Å². The van der Waals surface area contributed by atoms with Crippen molar-refractivity contribution >= 4 is 28.9 Å². The maximum absolute atomic E-state index is 12.3. The topological polar surface area (TPSA) is 38.1 Å². The van der Waals surface area contributed by atoms with Crippen molar-refractivity contribution in [1.82, 2.24) is 9.78 Å². The third-order valence-electron chi connectivity index (χ3n) is 5.09. The van der Waals surface area contributed by atoms with Gasteiger partial charge in [0, 0.05) is 40.5 Å². The van der Waals surface area contributed by atoms with Crippen LogP contribution in [0, 0.1) is 0 Å². The van der Waals surface area contributed by atoms with Gasteiger partial charge in [0.25, 0.3) is 5.56 Å². The summed E-state index contributed by atoms with van der Waals surface area (Å²) in [5.41, 5.74) is 3.62. The Morgan fingerprint density at radius 3 is 2.36 bits per heavy atom. The molecule has 1 aliphatic heterocycles. The maximum atomic E-state index is 12.3. The molecular weight excluding hydrogens is 393 g/mol. The average molecular weight is 414 g/mol. The van der Waals surface area contributed by atoms with Gasteiger partial charge in [-0.15, -0.1) is 0 Å². The lowest BCUT2D eigenvalue weighted by Crippen LogP contribution is -2.29. The zero-order valence-electron chi connectivity index (χ0n) is 15.4. The molecule has 1 aromatic heterocycles. The minimum absolute atomic E-state index is 0.167. The van der Waals surface area contributed by atoms with Crippen molar-refractivity contribution in [3.63, 3.8) is 0 Å². The fourth-order valence-electron chi connectivity index (χ4n) is 3.52. The first-order chi connectivity index (χ1) is 13.6. The van der Waals surface area contributed by atoms with E-state index in [9.17, 15) is 4.79 Å². The minimum atomic E-state index is -0.167. The molecule has 28 heavy (non-hydrogen) atoms. The van der Waals surface area contributed by atoms with E-state index in [-0.39, 0.29) is 5.56 Å². The molecule has 0 saturated carbocycles. The first-order valence-electron chi connectivity index (χ1n) is 9.48. The number of rotatable bonds is 4. The van der Waals surface area contributed by atoms with Crippen LogP contribution in [0.4, 0.5) is 5.69 Å². The Balaban J connectivity index is 1.58. The maximum Gasteiger partial charge on any atom is 0.267 e. The lowest BCUT2D eigenvalue weighted by atomic mass is 10.1. The Bertz CT molecular complexity index is 1020. The van der Waals surface area contributed by atoms with Crippen molar-refractivity contribution in [2.45, 2.75) is 25.8 Å². The van der Waals surface area contributed by atoms with Gasteiger partial charge in [-0.1, -0.05) is 41.4 Å². The number of nitrogens with zero attached hydrogens (tertiary/aromatic N) is 3. The summed E-state index contributed by atoms with van der Waals surface area (Å²) in [6.07, 6.45) is 3.82. The molecule has 4 rings (SSSR count). The van der Waals surface area contributed by atoms with Crippen LogP contribution in [0.3, 0.4) is 0 Å². The summed E-state index contributed by atoms with van der Waals surface area (Å²) >= 11 is 12.2. The van der Waals surface area contributed by atoms with E-state index < -0.39 is 0 Å². The highest BCUT2D eigenvalue weighted by Gasteiger charge is 2.12. The predicted octanol–water partition coefficient (Wildman–Crippen LogP) is 5.26. The monoisotopic (exact) mass is 413 g/mol. The van der Waals surface area contributed by atoms with Gasteiger partial charge in [0.15, 0.2) is 0 Å². The van der Waals surface area contributed by atoms with E-state index in [1.165, 1.54) is 29.6 Å². The van der Waals surface area contributed by atoms with E-state index in [2.05, 4.69) is 34.3 Å². The molecule has 3 aromatic rings. The normalized spacial score (nSPS) is 14.3. The van der Waals surface area contributed by atoms with E-state index in [4.69, 9.17) is 23.2 Å². The molecule has 2 heterocycles. The Hall–Kier alpha value is -2.30. The van der Waals surface area contributed by atoms with Crippen molar-refractivity contribution in [2.24, 2.45) is 0 Å². The molecule has 0 spiro atoms. The van der Waals surface area contributed by atoms with Crippen LogP contribution in [0.2, 0.25) is 10.0 Å². The molecule has 0 atom stereocenters. The minimum Gasteiger partial charge on any atom is -0.372 e. The molecule has 1 saturated heterocycles. The van der Waals surface area contributed by atoms with Crippen molar-refractivity contribution < 1.29 is 0 Å². The molecule has 4 nitrogen and oxygen atoms in total. The second-order valence-electron chi connectivity index (χ2n) is 7.04. The SMILES string of the molecule is O=c1ccc(-c2ccc(N3CCCCC3)cc2)nn1Cc1ccc(Cl)cc1Cl. The third-order valence-corrected chi connectivity index (χ3v) is 5.67. The standard InChI is InChI=1S/C22H21Cl2N3O/c23-18-7-4-17(20(24)14-18)15-27-22(28)11-10-21(25-27)16-5-8-19(9-6-16)26-12-2-1-3-13-26/h4-11,14H,1-3,12-13,15H2. The number of anilines is 1. The van der Waals surface area contributed by atoms with Crippen molar-refractivity contribution in [3.05, 3.63) is 80.6 Å². The van der Waals surface area contributed by atoms with Crippen LogP contribution >= 0.6 is 23.2 Å². The number of hydrogen-bond donors (Lipinski definition) is 0. The molecule has 6 heteroatoms. The summed E-state index contributed by atoms with van der Waals surface area (Å²) in [5, 5.41) is 5.63. The Labute approximate surface area is 174 Å². The van der Waals surface area contributed by atoms with E-state index in [1.807, 2.05) is 6.07 Å². The second kappa shape index (κ2) is 8.38. The molecule has 0 bridgehead atoms. The van der Waals surface area contributed by atoms with Gasteiger partial charge >= 0.3 is 0 Å². The zero-order chi connectivity index (χ0) is 19.5. The van der Waals surface area contributed by atoms with Gasteiger partial charge in [-0.2, -0.15) is 5.10 Å². The first-order valence-corrected chi connectivity index (χ1v) is 10.2. The molecule has 0 unspecified atom stereocenters. The molecule has 0 N–H and O–H groups in total. The number of hydrogen-bond acceptors (Lipinski definition) is 3. The summed E-state index contributed by atoms with van der Waals surface area (Å²) < 4.78 is 1.43. The van der Waals surface area contributed by atoms with Gasteiger partial charge in [0.2, 0.25) is 0 Å². The summed E-state index contributed by atoms with van der Waals surface area (Å²) in [6, 6.07) is 17.0. The second-order valence-corrected chi connectivity index (χ2v) is 7.89. The molecule has 0 radical (unpaired) electrons. The summed E-state index contributed by atoms with van der Waals surface area (Å²) in [7, 11) is 0. The van der Waals surface area contributed by atoms with Crippen LogP contribution in [0.25, 0.3) is 11.3 Å². The summed E-state index contributed by atoms with van der Waals surface area (Å²) in [4.78, 5) is 14.7. The zero-order valence-corrected chi connectivity index (χ0v) is 17.0. The van der Waals surface area contributed by atoms with Crippen LogP contribution in [0.15, 0.2) is 59.4 Å². The largest absolute Gasteiger partial charge is 0.372 e. The molecule has 1 aliphatic rings. The van der Waals surface area contributed by atoms with Gasteiger partial charge in [0.1, 0.15) is 0 Å². The van der Waals surface area contributed by atoms with Crippen molar-refractivity contribution in [2.75, 3.05) is 18.0 Å². The highest BCUT2D eigenvalue weighted by Crippen LogP contribution is 2.24. The fraction of sp³-hybridized carbons (Fsp3) is 0.273. The number of halogens is 2. The van der Waals surface area contributed by atoms with E-state index in [1.54, 1.807) is 24.3 Å². The van der Waals surface area contributed by atoms with Crippen LogP contribution in [-0.4, -0.2) is 22.9 Å². The van der Waals surface area contributed by atoms with Gasteiger partial charge in [-0.05, 0) is 55.2 Å². The Morgan fingerprint density at radius 2 is 1.64 bits per heavy atom. The lowest BCUT2D eigenvalue weighted by molar-refractivity contribution is 0.578. The van der Waals surface area contributed by atoms with Gasteiger partial charge in [-0.25, -0.2) is 4.68 Å². The van der Waals surface area contributed by atoms with Crippen molar-refractivity contribution in [3.8, 4) is 11.3 Å². The molecule has 2 aromatic carbocycles. The quantitative estimate of drug-likeness (QED) is 0.585. The molecular formula is C22H21Cl2N3O. The molecule has 0 aliphatic carbocycles. The average Bonchev–Trinajstić information content (AvgIpc) is 2.72. The van der Waals surface area contributed by atoms with Gasteiger partial charge < -0.3 is 4.90 Å². The van der Waals surface area contributed by atoms with Gasteiger partial charge in [-0.3, -0.25) is 4.79 Å². The number of benzene rings is 2. The smallest absolute Gasteiger partial charge is 0.267 e. The third kappa shape index (κ3) is 4.23. The van der Waals surface area contributed by atoms with Crippen LogP contribution in [0.1, 0.15) is 24.8 Å². The van der Waals surface area contributed by atoms with Crippen LogP contribution in [-0.2, 0) is 6.54 Å². The number of aromatic nitrogens is 2. The lowest BCUT2D eigenvalue weighted by Gasteiger charge is -2.28. The van der Waals surface area contributed by atoms with Crippen molar-refractivity contribution in [1.29, 1.82) is 0 Å². The van der Waals surface area contributed by atoms with E-state index >= 15 is 0 Å². The Kier molecular flexibility index (Phi) is 5.69. The Morgan fingerprint density at radius 1 is 0.893 bits per heavy atom.